The van der Waals surface area contributed by atoms with Crippen LogP contribution in [0.15, 0.2) is 72.8 Å². The molecule has 0 unspecified atom stereocenters. The number of rotatable bonds is 7. The largest absolute Gasteiger partial charge is 0.489 e. The molecule has 5 nitrogen and oxygen atoms in total. The molecule has 2 amide bonds. The molecule has 0 bridgehead atoms. The van der Waals surface area contributed by atoms with Gasteiger partial charge in [-0.2, -0.15) is 0 Å². The lowest BCUT2D eigenvalue weighted by Gasteiger charge is -2.17. The van der Waals surface area contributed by atoms with E-state index in [-0.39, 0.29) is 24.2 Å². The number of ether oxygens (including phenoxy) is 1. The molecule has 1 saturated heterocycles. The van der Waals surface area contributed by atoms with Crippen molar-refractivity contribution in [1.82, 2.24) is 5.32 Å². The first kappa shape index (κ1) is 21.9. The molecule has 32 heavy (non-hydrogen) atoms. The van der Waals surface area contributed by atoms with Crippen LogP contribution in [-0.2, 0) is 22.7 Å². The van der Waals surface area contributed by atoms with E-state index in [1.165, 1.54) is 5.56 Å². The summed E-state index contributed by atoms with van der Waals surface area (Å²) in [5, 5.41) is 3.64. The monoisotopic (exact) mass is 448 g/mol. The predicted molar refractivity (Wildman–Crippen MR) is 126 cm³/mol. The molecule has 1 atom stereocenters. The van der Waals surface area contributed by atoms with Gasteiger partial charge in [0.15, 0.2) is 0 Å². The van der Waals surface area contributed by atoms with E-state index in [2.05, 4.69) is 5.32 Å². The lowest BCUT2D eigenvalue weighted by Crippen LogP contribution is -2.32. The maximum absolute atomic E-state index is 12.6. The van der Waals surface area contributed by atoms with Crippen molar-refractivity contribution in [2.24, 2.45) is 5.92 Å². The quantitative estimate of drug-likeness (QED) is 0.559. The third-order valence-corrected chi connectivity index (χ3v) is 5.80. The van der Waals surface area contributed by atoms with Gasteiger partial charge in [-0.1, -0.05) is 53.6 Å². The summed E-state index contributed by atoms with van der Waals surface area (Å²) in [6, 6.07) is 22.9. The van der Waals surface area contributed by atoms with Gasteiger partial charge >= 0.3 is 0 Å². The highest BCUT2D eigenvalue weighted by molar-refractivity contribution is 6.30. The van der Waals surface area contributed by atoms with E-state index in [9.17, 15) is 9.59 Å². The molecule has 0 saturated carbocycles. The third-order valence-electron chi connectivity index (χ3n) is 5.55. The van der Waals surface area contributed by atoms with Crippen LogP contribution in [0.1, 0.15) is 23.1 Å². The first-order chi connectivity index (χ1) is 15.5. The van der Waals surface area contributed by atoms with Gasteiger partial charge in [0.1, 0.15) is 12.4 Å². The number of nitrogens with one attached hydrogen (secondary N) is 1. The van der Waals surface area contributed by atoms with Crippen LogP contribution in [0.5, 0.6) is 5.75 Å². The molecule has 1 fully saturated rings. The van der Waals surface area contributed by atoms with Crippen molar-refractivity contribution in [3.8, 4) is 5.75 Å². The van der Waals surface area contributed by atoms with Crippen LogP contribution in [0, 0.1) is 12.8 Å². The van der Waals surface area contributed by atoms with Gasteiger partial charge in [0.05, 0.1) is 5.92 Å². The van der Waals surface area contributed by atoms with Gasteiger partial charge < -0.3 is 15.0 Å². The number of nitrogens with zero attached hydrogens (tertiary/aromatic N) is 1. The number of benzene rings is 3. The number of hydrogen-bond acceptors (Lipinski definition) is 3. The summed E-state index contributed by atoms with van der Waals surface area (Å²) in [5.41, 5.74) is 4.01. The summed E-state index contributed by atoms with van der Waals surface area (Å²) in [6.45, 7) is 3.30. The van der Waals surface area contributed by atoms with Crippen LogP contribution in [-0.4, -0.2) is 18.4 Å². The molecule has 0 aliphatic carbocycles. The van der Waals surface area contributed by atoms with E-state index < -0.39 is 0 Å². The van der Waals surface area contributed by atoms with Crippen molar-refractivity contribution in [2.45, 2.75) is 26.5 Å². The Hall–Kier alpha value is -3.31. The van der Waals surface area contributed by atoms with Crippen molar-refractivity contribution in [1.29, 1.82) is 0 Å². The van der Waals surface area contributed by atoms with Gasteiger partial charge in [-0.05, 0) is 54.4 Å². The van der Waals surface area contributed by atoms with Crippen molar-refractivity contribution >= 4 is 29.1 Å². The number of halogens is 1. The average molecular weight is 449 g/mol. The predicted octanol–water partition coefficient (Wildman–Crippen LogP) is 4.90. The lowest BCUT2D eigenvalue weighted by atomic mass is 10.1. The van der Waals surface area contributed by atoms with Crippen LogP contribution in [0.2, 0.25) is 5.02 Å². The maximum atomic E-state index is 12.6. The van der Waals surface area contributed by atoms with Gasteiger partial charge in [-0.3, -0.25) is 9.59 Å². The zero-order valence-electron chi connectivity index (χ0n) is 17.9. The Kier molecular flexibility index (Phi) is 6.76. The molecule has 1 N–H and O–H groups in total. The summed E-state index contributed by atoms with van der Waals surface area (Å²) < 4.78 is 5.81. The highest BCUT2D eigenvalue weighted by Gasteiger charge is 2.35. The fourth-order valence-corrected chi connectivity index (χ4v) is 3.77. The SMILES string of the molecule is Cc1ccc(CNC(=O)[C@@H]2CC(=O)N(c3ccc(OCc4ccc(Cl)cc4)cc3)C2)cc1. The van der Waals surface area contributed by atoms with Crippen molar-refractivity contribution in [3.63, 3.8) is 0 Å². The Morgan fingerprint density at radius 2 is 1.66 bits per heavy atom. The Morgan fingerprint density at radius 1 is 1.00 bits per heavy atom. The van der Waals surface area contributed by atoms with Crippen molar-refractivity contribution in [2.75, 3.05) is 11.4 Å². The highest BCUT2D eigenvalue weighted by Crippen LogP contribution is 2.27. The number of anilines is 1. The number of amides is 2. The molecular weight excluding hydrogens is 424 g/mol. The minimum absolute atomic E-state index is 0.0460. The minimum Gasteiger partial charge on any atom is -0.489 e. The molecule has 0 spiro atoms. The van der Waals surface area contributed by atoms with E-state index >= 15 is 0 Å². The Balaban J connectivity index is 1.30. The number of carbonyl (C=O) groups is 2. The second-order valence-corrected chi connectivity index (χ2v) is 8.45. The molecule has 4 rings (SSSR count). The van der Waals surface area contributed by atoms with E-state index in [1.54, 1.807) is 4.90 Å². The summed E-state index contributed by atoms with van der Waals surface area (Å²) in [5.74, 6) is 0.219. The Morgan fingerprint density at radius 3 is 2.34 bits per heavy atom. The molecule has 3 aromatic rings. The van der Waals surface area contributed by atoms with Crippen molar-refractivity contribution < 1.29 is 14.3 Å². The van der Waals surface area contributed by atoms with Gasteiger partial charge in [-0.15, -0.1) is 0 Å². The van der Waals surface area contributed by atoms with E-state index in [1.807, 2.05) is 79.7 Å². The van der Waals surface area contributed by atoms with E-state index in [0.29, 0.717) is 30.5 Å². The fraction of sp³-hybridized carbons (Fsp3) is 0.231. The molecule has 1 aliphatic heterocycles. The maximum Gasteiger partial charge on any atom is 0.227 e. The summed E-state index contributed by atoms with van der Waals surface area (Å²) in [4.78, 5) is 26.8. The first-order valence-electron chi connectivity index (χ1n) is 10.6. The zero-order chi connectivity index (χ0) is 22.5. The molecule has 164 valence electrons. The number of aryl methyl sites for hydroxylation is 1. The topological polar surface area (TPSA) is 58.6 Å². The molecule has 6 heteroatoms. The van der Waals surface area contributed by atoms with Crippen molar-refractivity contribution in [3.05, 3.63) is 94.5 Å². The molecular formula is C26H25ClN2O3. The average Bonchev–Trinajstić information content (AvgIpc) is 3.20. The normalized spacial score (nSPS) is 15.6. The standard InChI is InChI=1S/C26H25ClN2O3/c1-18-2-4-19(5-3-18)15-28-26(31)21-14-25(30)29(16-21)23-10-12-24(13-11-23)32-17-20-6-8-22(27)9-7-20/h2-13,21H,14-17H2,1H3,(H,28,31)/t21-/m1/s1. The Labute approximate surface area is 193 Å². The summed E-state index contributed by atoms with van der Waals surface area (Å²) >= 11 is 5.90. The second-order valence-electron chi connectivity index (χ2n) is 8.02. The van der Waals surface area contributed by atoms with Gasteiger partial charge in [-0.25, -0.2) is 0 Å². The second kappa shape index (κ2) is 9.88. The van der Waals surface area contributed by atoms with Crippen LogP contribution >= 0.6 is 11.6 Å². The minimum atomic E-state index is -0.353. The molecule has 0 radical (unpaired) electrons. The molecule has 1 heterocycles. The van der Waals surface area contributed by atoms with Crippen LogP contribution < -0.4 is 15.0 Å². The summed E-state index contributed by atoms with van der Waals surface area (Å²) in [6.07, 6.45) is 0.217. The molecule has 1 aliphatic rings. The van der Waals surface area contributed by atoms with E-state index in [0.717, 1.165) is 16.8 Å². The van der Waals surface area contributed by atoms with Crippen LogP contribution in [0.3, 0.4) is 0 Å². The number of hydrogen-bond donors (Lipinski definition) is 1. The Bertz CT molecular complexity index is 1080. The number of carbonyl (C=O) groups excluding carboxylic acids is 2. The zero-order valence-corrected chi connectivity index (χ0v) is 18.6. The molecule has 3 aromatic carbocycles. The van der Waals surface area contributed by atoms with Gasteiger partial charge in [0, 0.05) is 30.2 Å². The molecule has 0 aromatic heterocycles. The lowest BCUT2D eigenvalue weighted by molar-refractivity contribution is -0.126. The van der Waals surface area contributed by atoms with Gasteiger partial charge in [0.2, 0.25) is 11.8 Å². The van der Waals surface area contributed by atoms with Gasteiger partial charge in [0.25, 0.3) is 0 Å². The third kappa shape index (κ3) is 5.48. The fourth-order valence-electron chi connectivity index (χ4n) is 3.64. The smallest absolute Gasteiger partial charge is 0.227 e. The highest BCUT2D eigenvalue weighted by atomic mass is 35.5. The van der Waals surface area contributed by atoms with E-state index in [4.69, 9.17) is 16.3 Å². The summed E-state index contributed by atoms with van der Waals surface area (Å²) in [7, 11) is 0. The first-order valence-corrected chi connectivity index (χ1v) is 11.0. The van der Waals surface area contributed by atoms with Crippen LogP contribution in [0.25, 0.3) is 0 Å². The van der Waals surface area contributed by atoms with Crippen LogP contribution in [0.4, 0.5) is 5.69 Å².